The number of hydrogen-bond acceptors (Lipinski definition) is 3. The number of rotatable bonds is 11. The Labute approximate surface area is 226 Å². The van der Waals surface area contributed by atoms with Crippen molar-refractivity contribution in [3.05, 3.63) is 71.3 Å². The molecule has 0 unspecified atom stereocenters. The minimum absolute atomic E-state index is 0.365. The van der Waals surface area contributed by atoms with Crippen LogP contribution in [0.3, 0.4) is 0 Å². The number of carbonyl (C=O) groups is 1. The minimum atomic E-state index is -0.661. The summed E-state index contributed by atoms with van der Waals surface area (Å²) in [5, 5.41) is 10.1. The van der Waals surface area contributed by atoms with Crippen molar-refractivity contribution < 1.29 is 18.7 Å². The van der Waals surface area contributed by atoms with E-state index < -0.39 is 17.6 Å². The highest BCUT2D eigenvalue weighted by Crippen LogP contribution is 2.38. The van der Waals surface area contributed by atoms with Gasteiger partial charge in [-0.15, -0.1) is 0 Å². The number of carboxylic acids is 1. The fraction of sp³-hybridized carbons (Fsp3) is 0.594. The number of piperidine rings is 1. The zero-order chi connectivity index (χ0) is 26.5. The van der Waals surface area contributed by atoms with Gasteiger partial charge in [0.05, 0.1) is 0 Å². The number of aliphatic carboxylic acids is 1. The lowest BCUT2D eigenvalue weighted by molar-refractivity contribution is -0.144. The Kier molecular flexibility index (Phi) is 9.11. The summed E-state index contributed by atoms with van der Waals surface area (Å²) >= 11 is 0. The largest absolute Gasteiger partial charge is 0.480 e. The number of nitrogens with zero attached hydrogens (tertiary/aromatic N) is 2. The van der Waals surface area contributed by atoms with Crippen molar-refractivity contribution in [1.29, 1.82) is 0 Å². The summed E-state index contributed by atoms with van der Waals surface area (Å²) in [4.78, 5) is 17.1. The molecule has 1 N–H and O–H groups in total. The summed E-state index contributed by atoms with van der Waals surface area (Å²) in [5.74, 6) is 0.378. The van der Waals surface area contributed by atoms with E-state index in [1.54, 1.807) is 0 Å². The highest BCUT2D eigenvalue weighted by molar-refractivity contribution is 5.73. The van der Waals surface area contributed by atoms with E-state index in [-0.39, 0.29) is 6.04 Å². The topological polar surface area (TPSA) is 43.8 Å². The first-order valence-electron chi connectivity index (χ1n) is 14.6. The maximum absolute atomic E-state index is 13.5. The van der Waals surface area contributed by atoms with Crippen molar-refractivity contribution in [2.75, 3.05) is 32.7 Å². The highest BCUT2D eigenvalue weighted by Gasteiger charge is 2.41. The van der Waals surface area contributed by atoms with Gasteiger partial charge in [0.25, 0.3) is 0 Å². The second kappa shape index (κ2) is 12.7. The van der Waals surface area contributed by atoms with Gasteiger partial charge in [0, 0.05) is 31.6 Å². The molecule has 1 saturated carbocycles. The van der Waals surface area contributed by atoms with Gasteiger partial charge in [0.1, 0.15) is 17.7 Å². The molecule has 2 aliphatic heterocycles. The number of aryl methyl sites for hydroxylation is 1. The molecular formula is C32H42F2N2O2. The maximum Gasteiger partial charge on any atom is 0.320 e. The molecule has 2 saturated heterocycles. The highest BCUT2D eigenvalue weighted by atomic mass is 19.1. The number of benzene rings is 2. The molecular weight excluding hydrogens is 482 g/mol. The van der Waals surface area contributed by atoms with Crippen LogP contribution in [0.1, 0.15) is 68.4 Å². The van der Waals surface area contributed by atoms with Crippen LogP contribution in [0.15, 0.2) is 48.5 Å². The van der Waals surface area contributed by atoms with Gasteiger partial charge in [-0.1, -0.05) is 56.0 Å². The Morgan fingerprint density at radius 2 is 1.66 bits per heavy atom. The fourth-order valence-electron chi connectivity index (χ4n) is 7.01. The van der Waals surface area contributed by atoms with Crippen LogP contribution in [0, 0.1) is 29.4 Å². The second-order valence-electron chi connectivity index (χ2n) is 12.0. The lowest BCUT2D eigenvalue weighted by Gasteiger charge is -2.35. The smallest absolute Gasteiger partial charge is 0.320 e. The van der Waals surface area contributed by atoms with Gasteiger partial charge in [-0.3, -0.25) is 9.69 Å². The van der Waals surface area contributed by atoms with Crippen molar-refractivity contribution in [2.45, 2.75) is 69.7 Å². The summed E-state index contributed by atoms with van der Waals surface area (Å²) in [5.41, 5.74) is 2.08. The summed E-state index contributed by atoms with van der Waals surface area (Å²) in [6, 6.07) is 14.1. The Balaban J connectivity index is 1.14. The number of carboxylic acid groups (broad SMARTS) is 1. The molecule has 3 atom stereocenters. The monoisotopic (exact) mass is 524 g/mol. The molecule has 0 radical (unpaired) electrons. The Bertz CT molecular complexity index is 1030. The first-order valence-corrected chi connectivity index (χ1v) is 14.6. The Hall–Kier alpha value is -2.31. The van der Waals surface area contributed by atoms with E-state index in [0.29, 0.717) is 23.7 Å². The molecule has 38 heavy (non-hydrogen) atoms. The summed E-state index contributed by atoms with van der Waals surface area (Å²) in [6.07, 6.45) is 9.47. The van der Waals surface area contributed by atoms with E-state index in [9.17, 15) is 18.7 Å². The van der Waals surface area contributed by atoms with E-state index in [4.69, 9.17) is 0 Å². The van der Waals surface area contributed by atoms with E-state index in [1.807, 2.05) is 0 Å². The van der Waals surface area contributed by atoms with Crippen LogP contribution < -0.4 is 0 Å². The molecule has 0 aromatic heterocycles. The summed E-state index contributed by atoms with van der Waals surface area (Å²) in [6.45, 7) is 4.84. The van der Waals surface area contributed by atoms with Crippen molar-refractivity contribution in [2.24, 2.45) is 17.8 Å². The van der Waals surface area contributed by atoms with E-state index in [2.05, 4.69) is 40.1 Å². The van der Waals surface area contributed by atoms with E-state index >= 15 is 0 Å². The molecule has 0 bridgehead atoms. The lowest BCUT2D eigenvalue weighted by Crippen LogP contribution is -2.43. The van der Waals surface area contributed by atoms with Crippen molar-refractivity contribution in [3.8, 4) is 0 Å². The van der Waals surface area contributed by atoms with Gasteiger partial charge in [0.15, 0.2) is 0 Å². The minimum Gasteiger partial charge on any atom is -0.480 e. The van der Waals surface area contributed by atoms with E-state index in [1.165, 1.54) is 37.0 Å². The Morgan fingerprint density at radius 3 is 2.29 bits per heavy atom. The zero-order valence-corrected chi connectivity index (χ0v) is 22.4. The van der Waals surface area contributed by atoms with Gasteiger partial charge in [-0.05, 0) is 86.2 Å². The number of halogens is 2. The molecule has 2 heterocycles. The molecule has 3 aliphatic rings. The van der Waals surface area contributed by atoms with Crippen molar-refractivity contribution >= 4 is 5.97 Å². The van der Waals surface area contributed by atoms with Crippen LogP contribution in [0.4, 0.5) is 8.78 Å². The number of hydrogen-bond donors (Lipinski definition) is 1. The molecule has 5 rings (SSSR count). The van der Waals surface area contributed by atoms with Crippen LogP contribution in [0.2, 0.25) is 0 Å². The predicted octanol–water partition coefficient (Wildman–Crippen LogP) is 6.36. The first kappa shape index (κ1) is 27.3. The number of likely N-dealkylation sites (tertiary alicyclic amines) is 2. The molecule has 6 heteroatoms. The van der Waals surface area contributed by atoms with Gasteiger partial charge < -0.3 is 10.0 Å². The van der Waals surface area contributed by atoms with Gasteiger partial charge in [-0.25, -0.2) is 8.78 Å². The second-order valence-corrected chi connectivity index (χ2v) is 12.0. The van der Waals surface area contributed by atoms with Crippen LogP contribution in [0.25, 0.3) is 0 Å². The molecule has 0 amide bonds. The fourth-order valence-corrected chi connectivity index (χ4v) is 7.01. The molecule has 4 nitrogen and oxygen atoms in total. The van der Waals surface area contributed by atoms with Gasteiger partial charge >= 0.3 is 5.97 Å². The Morgan fingerprint density at radius 1 is 0.947 bits per heavy atom. The normalized spacial score (nSPS) is 24.4. The average Bonchev–Trinajstić information content (AvgIpc) is 3.27. The average molecular weight is 525 g/mol. The van der Waals surface area contributed by atoms with Crippen LogP contribution in [-0.2, 0) is 11.2 Å². The molecule has 0 spiro atoms. The molecule has 206 valence electrons. The summed E-state index contributed by atoms with van der Waals surface area (Å²) < 4.78 is 26.9. The first-order chi connectivity index (χ1) is 18.4. The SMILES string of the molecule is O=C(O)[C@@H](CC1CCC1)N1C[C@H](CN2CCC(CCCc3cc(F)cc(F)c3)CC2)[C@@H](c2ccccc2)C1. The van der Waals surface area contributed by atoms with E-state index in [0.717, 1.165) is 82.9 Å². The van der Waals surface area contributed by atoms with Gasteiger partial charge in [-0.2, -0.15) is 0 Å². The molecule has 3 fully saturated rings. The van der Waals surface area contributed by atoms with Gasteiger partial charge in [0.2, 0.25) is 0 Å². The molecule has 2 aromatic carbocycles. The van der Waals surface area contributed by atoms with Crippen molar-refractivity contribution in [3.63, 3.8) is 0 Å². The lowest BCUT2D eigenvalue weighted by atomic mass is 9.80. The quantitative estimate of drug-likeness (QED) is 0.372. The van der Waals surface area contributed by atoms with Crippen LogP contribution >= 0.6 is 0 Å². The zero-order valence-electron chi connectivity index (χ0n) is 22.4. The third kappa shape index (κ3) is 7.01. The molecule has 2 aromatic rings. The maximum atomic E-state index is 13.5. The van der Waals surface area contributed by atoms with Crippen LogP contribution in [0.5, 0.6) is 0 Å². The third-order valence-electron chi connectivity index (χ3n) is 9.40. The summed E-state index contributed by atoms with van der Waals surface area (Å²) in [7, 11) is 0. The predicted molar refractivity (Wildman–Crippen MR) is 146 cm³/mol. The van der Waals surface area contributed by atoms with Crippen LogP contribution in [-0.4, -0.2) is 59.6 Å². The standard InChI is InChI=1S/C32H42F2N2O2/c33-28-16-25(17-29(34)19-28)9-4-6-23-12-14-35(15-13-23)20-27-21-36(22-30(27)26-10-2-1-3-11-26)31(32(37)38)18-24-7-5-8-24/h1-3,10-11,16-17,19,23-24,27,30-31H,4-9,12-15,18,20-22H2,(H,37,38)/t27-,30+,31+/m0/s1. The van der Waals surface area contributed by atoms with Crippen molar-refractivity contribution in [1.82, 2.24) is 9.80 Å². The molecule has 1 aliphatic carbocycles. The third-order valence-corrected chi connectivity index (χ3v) is 9.40.